The summed E-state index contributed by atoms with van der Waals surface area (Å²) in [5.41, 5.74) is 0.816. The number of hydrogen-bond acceptors (Lipinski definition) is 7. The third kappa shape index (κ3) is 4.81. The van der Waals surface area contributed by atoms with Crippen LogP contribution in [-0.4, -0.2) is 41.7 Å². The van der Waals surface area contributed by atoms with Gasteiger partial charge in [-0.05, 0) is 37.5 Å². The fraction of sp³-hybridized carbons (Fsp3) is 0.450. The minimum Gasteiger partial charge on any atom is -0.461 e. The molecule has 0 aliphatic carbocycles. The van der Waals surface area contributed by atoms with Crippen LogP contribution in [0.25, 0.3) is 0 Å². The minimum atomic E-state index is -0.444. The van der Waals surface area contributed by atoms with Gasteiger partial charge in [-0.3, -0.25) is 4.79 Å². The second kappa shape index (κ2) is 9.05. The van der Waals surface area contributed by atoms with E-state index in [1.54, 1.807) is 35.4 Å². The van der Waals surface area contributed by atoms with Crippen molar-refractivity contribution in [3.8, 4) is 11.5 Å². The first-order valence-corrected chi connectivity index (χ1v) is 10.2. The van der Waals surface area contributed by atoms with E-state index in [0.717, 1.165) is 6.42 Å². The predicted octanol–water partition coefficient (Wildman–Crippen LogP) is 3.74. The Morgan fingerprint density at radius 1 is 1.29 bits per heavy atom. The monoisotopic (exact) mass is 404 g/mol. The Labute approximate surface area is 168 Å². The molecule has 0 fully saturated rings. The average Bonchev–Trinajstić information content (AvgIpc) is 3.33. The smallest absolute Gasteiger partial charge is 0.357 e. The van der Waals surface area contributed by atoms with Crippen molar-refractivity contribution in [2.24, 2.45) is 5.92 Å². The Morgan fingerprint density at radius 2 is 2.07 bits per heavy atom. The lowest BCUT2D eigenvalue weighted by Gasteiger charge is -2.23. The molecule has 0 spiro atoms. The first-order valence-electron chi connectivity index (χ1n) is 9.28. The molecule has 0 bridgehead atoms. The summed E-state index contributed by atoms with van der Waals surface area (Å²) >= 11 is 1.35. The van der Waals surface area contributed by atoms with Crippen LogP contribution in [0.5, 0.6) is 11.5 Å². The van der Waals surface area contributed by atoms with E-state index < -0.39 is 5.97 Å². The van der Waals surface area contributed by atoms with Gasteiger partial charge >= 0.3 is 5.97 Å². The van der Waals surface area contributed by atoms with Crippen molar-refractivity contribution < 1.29 is 23.8 Å². The van der Waals surface area contributed by atoms with Gasteiger partial charge in [0.05, 0.1) is 13.2 Å². The number of benzene rings is 1. The molecule has 3 rings (SSSR count). The number of aromatic nitrogens is 1. The quantitative estimate of drug-likeness (QED) is 0.624. The molecule has 1 aromatic heterocycles. The number of esters is 1. The van der Waals surface area contributed by atoms with Gasteiger partial charge in [0.1, 0.15) is 5.01 Å². The third-order valence-corrected chi connectivity index (χ3v) is 5.08. The predicted molar refractivity (Wildman–Crippen MR) is 105 cm³/mol. The number of fused-ring (bicyclic) bond motifs is 1. The van der Waals surface area contributed by atoms with Crippen molar-refractivity contribution in [2.45, 2.75) is 33.7 Å². The topological polar surface area (TPSA) is 78.0 Å². The van der Waals surface area contributed by atoms with Crippen LogP contribution in [0.4, 0.5) is 0 Å². The van der Waals surface area contributed by atoms with Crippen LogP contribution in [0.3, 0.4) is 0 Å². The van der Waals surface area contributed by atoms with Crippen LogP contribution in [0.1, 0.15) is 53.0 Å². The molecule has 0 N–H and O–H groups in total. The molecule has 0 radical (unpaired) electrons. The zero-order chi connectivity index (χ0) is 20.1. The van der Waals surface area contributed by atoms with Crippen molar-refractivity contribution in [2.75, 3.05) is 19.9 Å². The van der Waals surface area contributed by atoms with Gasteiger partial charge in [-0.1, -0.05) is 13.8 Å². The summed E-state index contributed by atoms with van der Waals surface area (Å²) in [6, 6.07) is 5.20. The lowest BCUT2D eigenvalue weighted by Crippen LogP contribution is -2.32. The van der Waals surface area contributed by atoms with E-state index >= 15 is 0 Å². The maximum Gasteiger partial charge on any atom is 0.357 e. The van der Waals surface area contributed by atoms with Gasteiger partial charge in [0.25, 0.3) is 5.91 Å². The van der Waals surface area contributed by atoms with E-state index in [2.05, 4.69) is 18.8 Å². The van der Waals surface area contributed by atoms with Gasteiger partial charge in [0.15, 0.2) is 17.2 Å². The maximum absolute atomic E-state index is 13.1. The molecule has 1 aliphatic rings. The summed E-state index contributed by atoms with van der Waals surface area (Å²) in [5, 5.41) is 2.36. The van der Waals surface area contributed by atoms with Gasteiger partial charge in [-0.15, -0.1) is 11.3 Å². The second-order valence-electron chi connectivity index (χ2n) is 6.82. The van der Waals surface area contributed by atoms with Gasteiger partial charge in [-0.2, -0.15) is 0 Å². The summed E-state index contributed by atoms with van der Waals surface area (Å²) < 4.78 is 15.7. The highest BCUT2D eigenvalue weighted by Crippen LogP contribution is 2.33. The molecule has 150 valence electrons. The largest absolute Gasteiger partial charge is 0.461 e. The van der Waals surface area contributed by atoms with Crippen LogP contribution in [0.2, 0.25) is 0 Å². The average molecular weight is 404 g/mol. The van der Waals surface area contributed by atoms with E-state index in [0.29, 0.717) is 47.7 Å². The number of carbonyl (C=O) groups excluding carboxylic acids is 2. The Hall–Kier alpha value is -2.61. The fourth-order valence-electron chi connectivity index (χ4n) is 2.72. The number of nitrogens with zero attached hydrogens (tertiary/aromatic N) is 2. The zero-order valence-corrected chi connectivity index (χ0v) is 17.1. The van der Waals surface area contributed by atoms with Crippen LogP contribution in [0, 0.1) is 5.92 Å². The minimum absolute atomic E-state index is 0.105. The summed E-state index contributed by atoms with van der Waals surface area (Å²) in [4.78, 5) is 31.0. The van der Waals surface area contributed by atoms with Gasteiger partial charge in [-0.25, -0.2) is 9.78 Å². The molecule has 7 nitrogen and oxygen atoms in total. The summed E-state index contributed by atoms with van der Waals surface area (Å²) in [7, 11) is 0. The van der Waals surface area contributed by atoms with E-state index in [1.165, 1.54) is 11.3 Å². The maximum atomic E-state index is 13.1. The van der Waals surface area contributed by atoms with Gasteiger partial charge in [0, 0.05) is 17.5 Å². The molecule has 1 amide bonds. The Balaban J connectivity index is 1.76. The molecule has 0 saturated carbocycles. The van der Waals surface area contributed by atoms with E-state index in [1.807, 2.05) is 0 Å². The second-order valence-corrected chi connectivity index (χ2v) is 7.77. The summed E-state index contributed by atoms with van der Waals surface area (Å²) in [6.45, 7) is 7.39. The third-order valence-electron chi connectivity index (χ3n) is 4.25. The van der Waals surface area contributed by atoms with E-state index in [-0.39, 0.29) is 18.4 Å². The lowest BCUT2D eigenvalue weighted by atomic mass is 10.1. The summed E-state index contributed by atoms with van der Waals surface area (Å²) in [5.74, 6) is 1.13. The number of thiazole rings is 1. The molecular formula is C20H24N2O5S. The fourth-order valence-corrected chi connectivity index (χ4v) is 3.50. The van der Waals surface area contributed by atoms with Crippen molar-refractivity contribution in [3.05, 3.63) is 39.8 Å². The molecule has 0 saturated heterocycles. The highest BCUT2D eigenvalue weighted by molar-refractivity contribution is 7.09. The van der Waals surface area contributed by atoms with Crippen molar-refractivity contribution in [1.29, 1.82) is 0 Å². The highest BCUT2D eigenvalue weighted by atomic mass is 32.1. The van der Waals surface area contributed by atoms with Crippen LogP contribution >= 0.6 is 11.3 Å². The molecule has 0 atom stereocenters. The molecule has 28 heavy (non-hydrogen) atoms. The first kappa shape index (κ1) is 20.1. The summed E-state index contributed by atoms with van der Waals surface area (Å²) in [6.07, 6.45) is 0.867. The zero-order valence-electron chi connectivity index (χ0n) is 16.3. The lowest BCUT2D eigenvalue weighted by molar-refractivity contribution is 0.0520. The molecular weight excluding hydrogens is 380 g/mol. The van der Waals surface area contributed by atoms with Crippen LogP contribution in [-0.2, 0) is 11.3 Å². The highest BCUT2D eigenvalue weighted by Gasteiger charge is 2.22. The Kier molecular flexibility index (Phi) is 6.51. The molecule has 1 aromatic carbocycles. The number of hydrogen-bond donors (Lipinski definition) is 0. The molecule has 0 unspecified atom stereocenters. The Bertz CT molecular complexity index is 849. The Morgan fingerprint density at radius 3 is 2.82 bits per heavy atom. The van der Waals surface area contributed by atoms with Crippen molar-refractivity contribution in [1.82, 2.24) is 9.88 Å². The molecule has 2 aromatic rings. The number of ether oxygens (including phenoxy) is 3. The number of carbonyl (C=O) groups is 2. The van der Waals surface area contributed by atoms with Crippen LogP contribution < -0.4 is 9.47 Å². The number of rotatable bonds is 8. The number of amides is 1. The normalized spacial score (nSPS) is 12.3. The molecule has 2 heterocycles. The molecule has 8 heteroatoms. The van der Waals surface area contributed by atoms with Gasteiger partial charge in [0.2, 0.25) is 6.79 Å². The first-order chi connectivity index (χ1) is 13.5. The van der Waals surface area contributed by atoms with Gasteiger partial charge < -0.3 is 19.1 Å². The standard InChI is InChI=1S/C20H24N2O5S/c1-4-25-20(24)15-11-28-18(21-15)10-22(8-7-13(2)3)19(23)14-5-6-16-17(9-14)27-12-26-16/h5-6,9,11,13H,4,7-8,10,12H2,1-3H3. The van der Waals surface area contributed by atoms with Crippen molar-refractivity contribution in [3.63, 3.8) is 0 Å². The van der Waals surface area contributed by atoms with Crippen molar-refractivity contribution >= 4 is 23.2 Å². The SMILES string of the molecule is CCOC(=O)c1csc(CN(CCC(C)C)C(=O)c2ccc3c(c2)OCO3)n1. The van der Waals surface area contributed by atoms with Crippen LogP contribution in [0.15, 0.2) is 23.6 Å². The molecule has 1 aliphatic heterocycles. The van der Waals surface area contributed by atoms with E-state index in [9.17, 15) is 9.59 Å². The van der Waals surface area contributed by atoms with E-state index in [4.69, 9.17) is 14.2 Å².